The third-order valence-corrected chi connectivity index (χ3v) is 13.5. The van der Waals surface area contributed by atoms with Crippen molar-refractivity contribution in [1.29, 1.82) is 0 Å². The van der Waals surface area contributed by atoms with Crippen molar-refractivity contribution in [2.45, 2.75) is 38.5 Å². The van der Waals surface area contributed by atoms with Crippen LogP contribution in [0.4, 0.5) is 0 Å². The van der Waals surface area contributed by atoms with Gasteiger partial charge in [0.2, 0.25) is 0 Å². The van der Waals surface area contributed by atoms with Gasteiger partial charge in [0.1, 0.15) is 11.2 Å². The first-order valence-corrected chi connectivity index (χ1v) is 20.2. The van der Waals surface area contributed by atoms with E-state index >= 15 is 0 Å². The zero-order valence-corrected chi connectivity index (χ0v) is 32.6. The van der Waals surface area contributed by atoms with E-state index in [9.17, 15) is 0 Å². The summed E-state index contributed by atoms with van der Waals surface area (Å²) >= 11 is 0. The van der Waals surface area contributed by atoms with Gasteiger partial charge < -0.3 is 4.42 Å². The minimum absolute atomic E-state index is 0.0800. The van der Waals surface area contributed by atoms with Crippen molar-refractivity contribution in [3.05, 3.63) is 192 Å². The largest absolute Gasteiger partial charge is 0.455 e. The summed E-state index contributed by atoms with van der Waals surface area (Å²) in [7, 11) is 0. The quantitative estimate of drug-likeness (QED) is 0.165. The molecule has 0 atom stereocenters. The fourth-order valence-corrected chi connectivity index (χ4v) is 10.7. The second kappa shape index (κ2) is 11.4. The van der Waals surface area contributed by atoms with E-state index in [4.69, 9.17) is 4.42 Å². The van der Waals surface area contributed by atoms with Gasteiger partial charge in [-0.3, -0.25) is 0 Å². The van der Waals surface area contributed by atoms with E-state index in [0.717, 1.165) is 27.5 Å². The second-order valence-corrected chi connectivity index (χ2v) is 17.2. The lowest BCUT2D eigenvalue weighted by molar-refractivity contribution is 0.660. The molecule has 0 amide bonds. The molecule has 270 valence electrons. The molecule has 0 bridgehead atoms. The summed E-state index contributed by atoms with van der Waals surface area (Å²) in [6, 6.07) is 63.3. The molecule has 0 saturated carbocycles. The minimum atomic E-state index is -0.107. The van der Waals surface area contributed by atoms with Crippen molar-refractivity contribution < 1.29 is 4.42 Å². The van der Waals surface area contributed by atoms with Crippen molar-refractivity contribution in [2.24, 2.45) is 0 Å². The van der Waals surface area contributed by atoms with Crippen molar-refractivity contribution in [3.63, 3.8) is 0 Å². The van der Waals surface area contributed by atoms with Crippen LogP contribution in [-0.4, -0.2) is 0 Å². The van der Waals surface area contributed by atoms with Gasteiger partial charge in [-0.15, -0.1) is 0 Å². The first-order chi connectivity index (χ1) is 27.8. The van der Waals surface area contributed by atoms with E-state index in [1.807, 2.05) is 0 Å². The van der Waals surface area contributed by atoms with E-state index in [1.54, 1.807) is 0 Å². The van der Waals surface area contributed by atoms with E-state index in [1.165, 1.54) is 93.9 Å². The number of hydrogen-bond acceptors (Lipinski definition) is 1. The fourth-order valence-electron chi connectivity index (χ4n) is 10.7. The van der Waals surface area contributed by atoms with Gasteiger partial charge in [0.15, 0.2) is 0 Å². The van der Waals surface area contributed by atoms with Crippen LogP contribution in [0.25, 0.3) is 99.1 Å². The molecule has 10 aromatic rings. The number of para-hydroxylation sites is 2. The number of furan rings is 1. The standard InChI is InChI=1S/C56H40O/c1-55(2)47-24-11-8-19-42(47)53-43(21-14-25-48(53)55)52-39-18-6-5-17-38(39)51(44-22-13-20-41-37-16-9-12-26-50(37)57-54(41)44)40-30-28-33(31-45(40)52)34-27-29-36-35-15-7-10-23-46(35)56(3,4)49(36)32-34/h5-32H,1-4H3. The molecule has 1 heteroatoms. The third-order valence-electron chi connectivity index (χ3n) is 13.5. The van der Waals surface area contributed by atoms with Crippen molar-refractivity contribution in [2.75, 3.05) is 0 Å². The highest BCUT2D eigenvalue weighted by Crippen LogP contribution is 2.56. The fraction of sp³-hybridized carbons (Fsp3) is 0.107. The zero-order valence-electron chi connectivity index (χ0n) is 32.6. The molecular weight excluding hydrogens is 689 g/mol. The summed E-state index contributed by atoms with van der Waals surface area (Å²) in [5.41, 5.74) is 19.9. The number of rotatable bonds is 3. The Bertz CT molecular complexity index is 3350. The van der Waals surface area contributed by atoms with Crippen LogP contribution in [-0.2, 0) is 10.8 Å². The number of fused-ring (bicyclic) bond motifs is 11. The summed E-state index contributed by atoms with van der Waals surface area (Å²) in [5, 5.41) is 7.21. The SMILES string of the molecule is CC1(C)c2ccccc2-c2ccc(-c3ccc4c(-c5cccc6c5oc5ccccc56)c5ccccc5c(-c5cccc6c5-c5ccccc5C6(C)C)c4c3)cc21. The lowest BCUT2D eigenvalue weighted by Crippen LogP contribution is -2.14. The molecule has 9 aromatic carbocycles. The van der Waals surface area contributed by atoms with Gasteiger partial charge in [-0.05, 0) is 107 Å². The summed E-state index contributed by atoms with van der Waals surface area (Å²) in [4.78, 5) is 0. The molecule has 0 radical (unpaired) electrons. The Balaban J connectivity index is 1.20. The minimum Gasteiger partial charge on any atom is -0.455 e. The molecule has 0 unspecified atom stereocenters. The van der Waals surface area contributed by atoms with E-state index in [0.29, 0.717) is 0 Å². The molecule has 0 fully saturated rings. The Morgan fingerprint density at radius 3 is 1.63 bits per heavy atom. The van der Waals surface area contributed by atoms with Crippen LogP contribution >= 0.6 is 0 Å². The molecule has 1 aromatic heterocycles. The maximum Gasteiger partial charge on any atom is 0.143 e. The molecular formula is C56H40O. The van der Waals surface area contributed by atoms with Crippen LogP contribution in [0.2, 0.25) is 0 Å². The molecule has 0 spiro atoms. The van der Waals surface area contributed by atoms with E-state index in [2.05, 4.69) is 198 Å². The maximum absolute atomic E-state index is 6.75. The lowest BCUT2D eigenvalue weighted by atomic mass is 9.80. The molecule has 57 heavy (non-hydrogen) atoms. The number of benzene rings is 9. The Morgan fingerprint density at radius 1 is 0.316 bits per heavy atom. The van der Waals surface area contributed by atoms with Gasteiger partial charge in [0.25, 0.3) is 0 Å². The number of hydrogen-bond donors (Lipinski definition) is 0. The van der Waals surface area contributed by atoms with Crippen LogP contribution in [0, 0.1) is 0 Å². The van der Waals surface area contributed by atoms with Gasteiger partial charge in [-0.25, -0.2) is 0 Å². The molecule has 12 rings (SSSR count). The van der Waals surface area contributed by atoms with Crippen LogP contribution in [0.1, 0.15) is 49.9 Å². The van der Waals surface area contributed by atoms with Crippen LogP contribution in [0.15, 0.2) is 174 Å². The summed E-state index contributed by atoms with van der Waals surface area (Å²) in [6.45, 7) is 9.49. The average molecular weight is 729 g/mol. The van der Waals surface area contributed by atoms with Crippen molar-refractivity contribution >= 4 is 43.5 Å². The van der Waals surface area contributed by atoms with E-state index < -0.39 is 0 Å². The summed E-state index contributed by atoms with van der Waals surface area (Å²) in [5.74, 6) is 0. The highest BCUT2D eigenvalue weighted by Gasteiger charge is 2.38. The Kier molecular flexibility index (Phi) is 6.53. The molecule has 0 saturated heterocycles. The Morgan fingerprint density at radius 2 is 0.825 bits per heavy atom. The van der Waals surface area contributed by atoms with Gasteiger partial charge in [0, 0.05) is 32.7 Å². The van der Waals surface area contributed by atoms with Crippen molar-refractivity contribution in [3.8, 4) is 55.6 Å². The topological polar surface area (TPSA) is 13.1 Å². The van der Waals surface area contributed by atoms with Gasteiger partial charge >= 0.3 is 0 Å². The average Bonchev–Trinajstić information content (AvgIpc) is 3.83. The Hall–Kier alpha value is -6.70. The lowest BCUT2D eigenvalue weighted by Gasteiger charge is -2.23. The third kappa shape index (κ3) is 4.35. The second-order valence-electron chi connectivity index (χ2n) is 17.2. The van der Waals surface area contributed by atoms with Gasteiger partial charge in [-0.2, -0.15) is 0 Å². The van der Waals surface area contributed by atoms with Crippen LogP contribution < -0.4 is 0 Å². The molecule has 1 nitrogen and oxygen atoms in total. The van der Waals surface area contributed by atoms with Crippen LogP contribution in [0.3, 0.4) is 0 Å². The zero-order chi connectivity index (χ0) is 38.2. The summed E-state index contributed by atoms with van der Waals surface area (Å²) < 4.78 is 6.75. The molecule has 1 heterocycles. The maximum atomic E-state index is 6.75. The predicted octanol–water partition coefficient (Wildman–Crippen LogP) is 15.5. The first-order valence-electron chi connectivity index (χ1n) is 20.2. The van der Waals surface area contributed by atoms with Crippen molar-refractivity contribution in [1.82, 2.24) is 0 Å². The molecule has 2 aliphatic rings. The van der Waals surface area contributed by atoms with Gasteiger partial charge in [0.05, 0.1) is 0 Å². The normalized spacial score (nSPS) is 14.6. The molecule has 2 aliphatic carbocycles. The summed E-state index contributed by atoms with van der Waals surface area (Å²) in [6.07, 6.45) is 0. The molecule has 0 aliphatic heterocycles. The van der Waals surface area contributed by atoms with Crippen LogP contribution in [0.5, 0.6) is 0 Å². The monoisotopic (exact) mass is 728 g/mol. The van der Waals surface area contributed by atoms with Gasteiger partial charge in [-0.1, -0.05) is 179 Å². The molecule has 0 N–H and O–H groups in total. The highest BCUT2D eigenvalue weighted by atomic mass is 16.3. The Labute approximate surface area is 332 Å². The predicted molar refractivity (Wildman–Crippen MR) is 240 cm³/mol. The van der Waals surface area contributed by atoms with E-state index in [-0.39, 0.29) is 10.8 Å². The highest BCUT2D eigenvalue weighted by molar-refractivity contribution is 6.25. The first kappa shape index (κ1) is 32.5. The smallest absolute Gasteiger partial charge is 0.143 e.